The standard InChI is InChI=1S/C26H26N4O/c1-29(2)24-16-17-30(18-24)23-14-12-22(13-15-23)26-28-27-25(31-26)21-10-8-20(9-11-21)19-6-4-3-5-7-19/h3-15,24H,16-18H2,1-2H3. The van der Waals surface area contributed by atoms with E-state index in [1.54, 1.807) is 0 Å². The van der Waals surface area contributed by atoms with Gasteiger partial charge in [0.25, 0.3) is 0 Å². The Labute approximate surface area is 183 Å². The van der Waals surface area contributed by atoms with Gasteiger partial charge in [0.2, 0.25) is 11.8 Å². The second kappa shape index (κ2) is 8.36. The summed E-state index contributed by atoms with van der Waals surface area (Å²) in [5, 5.41) is 8.53. The molecule has 1 atom stereocenters. The van der Waals surface area contributed by atoms with Gasteiger partial charge in [0.1, 0.15) is 0 Å². The molecule has 1 saturated heterocycles. The lowest BCUT2D eigenvalue weighted by atomic mass is 10.0. The van der Waals surface area contributed by atoms with Crippen LogP contribution in [0.5, 0.6) is 0 Å². The highest BCUT2D eigenvalue weighted by atomic mass is 16.4. The first-order valence-corrected chi connectivity index (χ1v) is 10.7. The molecule has 1 aromatic heterocycles. The normalized spacial score (nSPS) is 16.2. The third-order valence-corrected chi connectivity index (χ3v) is 6.04. The van der Waals surface area contributed by atoms with Gasteiger partial charge < -0.3 is 14.2 Å². The summed E-state index contributed by atoms with van der Waals surface area (Å²) in [6.07, 6.45) is 1.20. The van der Waals surface area contributed by atoms with Crippen molar-refractivity contribution in [1.82, 2.24) is 15.1 Å². The average molecular weight is 411 g/mol. The van der Waals surface area contributed by atoms with E-state index in [0.717, 1.165) is 29.8 Å². The van der Waals surface area contributed by atoms with E-state index in [-0.39, 0.29) is 0 Å². The van der Waals surface area contributed by atoms with Gasteiger partial charge in [0, 0.05) is 35.9 Å². The van der Waals surface area contributed by atoms with Crippen molar-refractivity contribution in [3.8, 4) is 34.0 Å². The van der Waals surface area contributed by atoms with Gasteiger partial charge in [-0.15, -0.1) is 10.2 Å². The van der Waals surface area contributed by atoms with E-state index in [1.807, 2.05) is 30.3 Å². The topological polar surface area (TPSA) is 45.4 Å². The van der Waals surface area contributed by atoms with E-state index in [2.05, 4.69) is 82.6 Å². The highest BCUT2D eigenvalue weighted by Crippen LogP contribution is 2.29. The van der Waals surface area contributed by atoms with Crippen molar-refractivity contribution < 1.29 is 4.42 Å². The summed E-state index contributed by atoms with van der Waals surface area (Å²) in [4.78, 5) is 4.74. The van der Waals surface area contributed by atoms with Gasteiger partial charge in [0.05, 0.1) is 0 Å². The van der Waals surface area contributed by atoms with Gasteiger partial charge in [0.15, 0.2) is 0 Å². The number of anilines is 1. The lowest BCUT2D eigenvalue weighted by Crippen LogP contribution is -2.31. The lowest BCUT2D eigenvalue weighted by Gasteiger charge is -2.21. The van der Waals surface area contributed by atoms with E-state index in [4.69, 9.17) is 4.42 Å². The van der Waals surface area contributed by atoms with Crippen LogP contribution in [0.2, 0.25) is 0 Å². The number of likely N-dealkylation sites (N-methyl/N-ethyl adjacent to an activating group) is 1. The van der Waals surface area contributed by atoms with E-state index in [1.165, 1.54) is 17.7 Å². The number of hydrogen-bond acceptors (Lipinski definition) is 5. The first-order valence-electron chi connectivity index (χ1n) is 10.7. The summed E-state index contributed by atoms with van der Waals surface area (Å²) in [6, 6.07) is 27.6. The van der Waals surface area contributed by atoms with Crippen LogP contribution in [0.1, 0.15) is 6.42 Å². The van der Waals surface area contributed by atoms with Crippen LogP contribution in [0.3, 0.4) is 0 Å². The van der Waals surface area contributed by atoms with Crippen molar-refractivity contribution in [2.24, 2.45) is 0 Å². The summed E-state index contributed by atoms with van der Waals surface area (Å²) >= 11 is 0. The van der Waals surface area contributed by atoms with Crippen LogP contribution in [0.15, 0.2) is 83.3 Å². The van der Waals surface area contributed by atoms with Crippen molar-refractivity contribution in [3.05, 3.63) is 78.9 Å². The second-order valence-corrected chi connectivity index (χ2v) is 8.25. The highest BCUT2D eigenvalue weighted by Gasteiger charge is 2.24. The fourth-order valence-corrected chi connectivity index (χ4v) is 4.11. The molecule has 0 bridgehead atoms. The van der Waals surface area contributed by atoms with Gasteiger partial charge in [-0.3, -0.25) is 0 Å². The van der Waals surface area contributed by atoms with Crippen molar-refractivity contribution in [1.29, 1.82) is 0 Å². The molecule has 1 unspecified atom stereocenters. The van der Waals surface area contributed by atoms with Crippen LogP contribution in [-0.4, -0.2) is 48.3 Å². The molecule has 1 fully saturated rings. The molecule has 5 rings (SSSR count). The predicted octanol–water partition coefficient (Wildman–Crippen LogP) is 5.21. The van der Waals surface area contributed by atoms with Gasteiger partial charge >= 0.3 is 0 Å². The lowest BCUT2D eigenvalue weighted by molar-refractivity contribution is 0.315. The largest absolute Gasteiger partial charge is 0.416 e. The fraction of sp³-hybridized carbons (Fsp3) is 0.231. The Hall–Kier alpha value is -3.44. The highest BCUT2D eigenvalue weighted by molar-refractivity contribution is 5.68. The van der Waals surface area contributed by atoms with Crippen LogP contribution >= 0.6 is 0 Å². The molecular formula is C26H26N4O. The first-order chi connectivity index (χ1) is 15.2. The van der Waals surface area contributed by atoms with Crippen LogP contribution in [0.25, 0.3) is 34.0 Å². The Morgan fingerprint density at radius 3 is 1.87 bits per heavy atom. The summed E-state index contributed by atoms with van der Waals surface area (Å²) in [7, 11) is 4.30. The van der Waals surface area contributed by atoms with Gasteiger partial charge in [-0.2, -0.15) is 0 Å². The molecule has 3 aromatic carbocycles. The maximum absolute atomic E-state index is 5.97. The minimum Gasteiger partial charge on any atom is -0.416 e. The molecule has 31 heavy (non-hydrogen) atoms. The summed E-state index contributed by atoms with van der Waals surface area (Å²) in [5.41, 5.74) is 5.45. The summed E-state index contributed by atoms with van der Waals surface area (Å²) in [5.74, 6) is 1.08. The third kappa shape index (κ3) is 4.09. The molecule has 0 aliphatic carbocycles. The predicted molar refractivity (Wildman–Crippen MR) is 125 cm³/mol. The number of nitrogens with zero attached hydrogens (tertiary/aromatic N) is 4. The maximum atomic E-state index is 5.97. The molecule has 0 radical (unpaired) electrons. The van der Waals surface area contributed by atoms with Crippen LogP contribution in [0.4, 0.5) is 5.69 Å². The molecule has 0 N–H and O–H groups in total. The Balaban J connectivity index is 1.30. The molecule has 0 amide bonds. The van der Waals surface area contributed by atoms with Crippen molar-refractivity contribution in [2.45, 2.75) is 12.5 Å². The fourth-order valence-electron chi connectivity index (χ4n) is 4.11. The average Bonchev–Trinajstić information content (AvgIpc) is 3.51. The van der Waals surface area contributed by atoms with E-state index >= 15 is 0 Å². The van der Waals surface area contributed by atoms with Gasteiger partial charge in [-0.25, -0.2) is 0 Å². The van der Waals surface area contributed by atoms with Crippen LogP contribution in [-0.2, 0) is 0 Å². The van der Waals surface area contributed by atoms with Gasteiger partial charge in [-0.1, -0.05) is 42.5 Å². The molecule has 1 aliphatic heterocycles. The molecular weight excluding hydrogens is 384 g/mol. The van der Waals surface area contributed by atoms with Crippen LogP contribution < -0.4 is 4.90 Å². The number of aromatic nitrogens is 2. The smallest absolute Gasteiger partial charge is 0.248 e. The zero-order chi connectivity index (χ0) is 21.2. The second-order valence-electron chi connectivity index (χ2n) is 8.25. The monoisotopic (exact) mass is 410 g/mol. The van der Waals surface area contributed by atoms with Crippen molar-refractivity contribution in [3.63, 3.8) is 0 Å². The molecule has 5 nitrogen and oxygen atoms in total. The Morgan fingerprint density at radius 1 is 0.742 bits per heavy atom. The molecule has 156 valence electrons. The number of benzene rings is 3. The quantitative estimate of drug-likeness (QED) is 0.452. The minimum atomic E-state index is 0.534. The summed E-state index contributed by atoms with van der Waals surface area (Å²) in [6.45, 7) is 2.15. The third-order valence-electron chi connectivity index (χ3n) is 6.04. The molecule has 2 heterocycles. The van der Waals surface area contributed by atoms with Crippen LogP contribution in [0, 0.1) is 0 Å². The SMILES string of the molecule is CN(C)C1CCN(c2ccc(-c3nnc(-c4ccc(-c5ccccc5)cc4)o3)cc2)C1. The zero-order valence-electron chi connectivity index (χ0n) is 17.9. The minimum absolute atomic E-state index is 0.534. The molecule has 4 aromatic rings. The zero-order valence-corrected chi connectivity index (χ0v) is 17.9. The number of hydrogen-bond donors (Lipinski definition) is 0. The molecule has 1 aliphatic rings. The maximum Gasteiger partial charge on any atom is 0.248 e. The van der Waals surface area contributed by atoms with Gasteiger partial charge in [-0.05, 0) is 68.0 Å². The Bertz CT molecular complexity index is 1130. The molecule has 0 spiro atoms. The van der Waals surface area contributed by atoms with Crippen molar-refractivity contribution >= 4 is 5.69 Å². The Kier molecular flexibility index (Phi) is 5.26. The van der Waals surface area contributed by atoms with E-state index in [0.29, 0.717) is 17.8 Å². The summed E-state index contributed by atoms with van der Waals surface area (Å²) < 4.78 is 5.97. The Morgan fingerprint density at radius 2 is 1.29 bits per heavy atom. The van der Waals surface area contributed by atoms with E-state index in [9.17, 15) is 0 Å². The molecule has 5 heteroatoms. The molecule has 0 saturated carbocycles. The number of rotatable bonds is 5. The first kappa shape index (κ1) is 19.5. The van der Waals surface area contributed by atoms with E-state index < -0.39 is 0 Å². The van der Waals surface area contributed by atoms with Crippen molar-refractivity contribution in [2.75, 3.05) is 32.1 Å².